The summed E-state index contributed by atoms with van der Waals surface area (Å²) in [6, 6.07) is 20.5. The van der Waals surface area contributed by atoms with Crippen molar-refractivity contribution < 1.29 is 21.2 Å². The van der Waals surface area contributed by atoms with Gasteiger partial charge in [-0.25, -0.2) is 13.2 Å². The topological polar surface area (TPSA) is 226 Å². The van der Waals surface area contributed by atoms with E-state index >= 15 is 0 Å². The highest BCUT2D eigenvalue weighted by molar-refractivity contribution is 7.92. The largest absolute Gasteiger partial charge is 0.506 e. The molecule has 0 radical (unpaired) electrons. The van der Waals surface area contributed by atoms with Crippen molar-refractivity contribution >= 4 is 57.7 Å². The Morgan fingerprint density at radius 3 is 2.28 bits per heavy atom. The summed E-state index contributed by atoms with van der Waals surface area (Å²) in [6.07, 6.45) is 3.24. The van der Waals surface area contributed by atoms with Crippen LogP contribution in [0.2, 0.25) is 0 Å². The number of urea groups is 1. The molecular formula is C33H50ClN11O4S. The number of sulfonamides is 1. The Hall–Kier alpha value is -4.90. The van der Waals surface area contributed by atoms with Crippen molar-refractivity contribution in [1.29, 1.82) is 0 Å². The molecule has 274 valence electrons. The Bertz CT molecular complexity index is 1820. The van der Waals surface area contributed by atoms with Gasteiger partial charge in [-0.15, -0.1) is 12.4 Å². The molecule has 0 aliphatic carbocycles. The lowest BCUT2D eigenvalue weighted by atomic mass is 10.1. The van der Waals surface area contributed by atoms with E-state index in [0.717, 1.165) is 43.5 Å². The number of carbonyl (C=O) groups excluding carboxylic acids is 1. The van der Waals surface area contributed by atoms with E-state index in [1.165, 1.54) is 10.4 Å². The van der Waals surface area contributed by atoms with Gasteiger partial charge in [0.2, 0.25) is 17.8 Å². The second-order valence-corrected chi connectivity index (χ2v) is 13.5. The van der Waals surface area contributed by atoms with Crippen molar-refractivity contribution in [3.63, 3.8) is 0 Å². The quantitative estimate of drug-likeness (QED) is 0.103. The lowest BCUT2D eigenvalue weighted by Gasteiger charge is -2.27. The molecule has 15 nitrogen and oxygen atoms in total. The molecule has 2 amide bonds. The van der Waals surface area contributed by atoms with E-state index in [9.17, 15) is 18.3 Å². The monoisotopic (exact) mass is 731 g/mol. The predicted octanol–water partition coefficient (Wildman–Crippen LogP) is 5.69. The van der Waals surface area contributed by atoms with Crippen molar-refractivity contribution in [1.82, 2.24) is 37.5 Å². The first-order valence-electron chi connectivity index (χ1n) is 15.8. The Morgan fingerprint density at radius 1 is 0.920 bits per heavy atom. The van der Waals surface area contributed by atoms with Crippen LogP contribution >= 0.6 is 12.4 Å². The van der Waals surface area contributed by atoms with Gasteiger partial charge in [0.1, 0.15) is 5.75 Å². The minimum absolute atomic E-state index is 0. The van der Waals surface area contributed by atoms with Gasteiger partial charge in [0, 0.05) is 53.9 Å². The minimum atomic E-state index is -4.03. The van der Waals surface area contributed by atoms with E-state index < -0.39 is 10.0 Å². The van der Waals surface area contributed by atoms with Crippen LogP contribution in [-0.4, -0.2) is 78.7 Å². The smallest absolute Gasteiger partial charge is 0.317 e. The number of anilines is 5. The average Bonchev–Trinajstić information content (AvgIpc) is 3.49. The summed E-state index contributed by atoms with van der Waals surface area (Å²) in [5.41, 5.74) is 2.31. The van der Waals surface area contributed by atoms with Crippen LogP contribution in [0.1, 0.15) is 33.2 Å². The number of benzene rings is 3. The molecule has 17 heteroatoms. The second-order valence-electron chi connectivity index (χ2n) is 11.6. The number of aryl methyl sites for hydroxylation is 1. The van der Waals surface area contributed by atoms with Gasteiger partial charge >= 0.3 is 6.03 Å². The number of hydrogen-bond donors (Lipinski definition) is 6. The van der Waals surface area contributed by atoms with Gasteiger partial charge in [0.25, 0.3) is 10.0 Å². The third kappa shape index (κ3) is 9.41. The lowest BCUT2D eigenvalue weighted by Crippen LogP contribution is -2.33. The molecule has 2 aliphatic rings. The Morgan fingerprint density at radius 2 is 1.62 bits per heavy atom. The molecule has 3 heterocycles. The first kappa shape index (κ1) is 39.5. The zero-order chi connectivity index (χ0) is 32.8. The number of halogens is 1. The highest BCUT2D eigenvalue weighted by atomic mass is 35.5. The SMILES string of the molecule is Cc1ccc(S(=O)(=O)N(Cc2ccccc2)c2ccc(Nc3nc(NCCN4CCNC4=O)nc(N4CCCCC4)n3)cc2O)cc1.Cl.N.N.[HH].[HH]. The zero-order valence-corrected chi connectivity index (χ0v) is 29.7. The van der Waals surface area contributed by atoms with Crippen molar-refractivity contribution in [3.05, 3.63) is 83.9 Å². The van der Waals surface area contributed by atoms with Gasteiger partial charge in [0.05, 0.1) is 17.1 Å². The Kier molecular flexibility index (Phi) is 14.0. The molecule has 0 spiro atoms. The zero-order valence-electron chi connectivity index (χ0n) is 28.1. The number of rotatable bonds is 12. The highest BCUT2D eigenvalue weighted by Gasteiger charge is 2.28. The fourth-order valence-electron chi connectivity index (χ4n) is 5.59. The Balaban J connectivity index is 0.00000270. The number of carbonyl (C=O) groups is 1. The van der Waals surface area contributed by atoms with Gasteiger partial charge in [-0.05, 0) is 56.0 Å². The molecule has 2 aliphatic heterocycles. The number of piperidine rings is 1. The molecule has 2 fully saturated rings. The summed E-state index contributed by atoms with van der Waals surface area (Å²) in [7, 11) is -4.03. The summed E-state index contributed by atoms with van der Waals surface area (Å²) < 4.78 is 29.1. The number of amides is 2. The Labute approximate surface area is 302 Å². The molecule has 1 aromatic heterocycles. The van der Waals surface area contributed by atoms with Crippen molar-refractivity contribution in [3.8, 4) is 5.75 Å². The summed E-state index contributed by atoms with van der Waals surface area (Å²) >= 11 is 0. The number of aromatic hydroxyl groups is 1. The molecule has 10 N–H and O–H groups in total. The fourth-order valence-corrected chi connectivity index (χ4v) is 7.06. The van der Waals surface area contributed by atoms with Crippen LogP contribution in [0.4, 0.5) is 34.0 Å². The third-order valence-electron chi connectivity index (χ3n) is 8.15. The molecular weight excluding hydrogens is 682 g/mol. The standard InChI is InChI=1S/C33H39N9O4S.ClH.2H3N.2H2/c1-24-10-13-27(14-11-24)47(45,46)42(23-25-8-4-2-5-9-25)28-15-12-26(22-29(28)43)36-31-37-30(34-16-20-41-21-17-35-33(41)44)38-32(39-31)40-18-6-3-7-19-40;;;;;/h2,4-5,8-15,22,43H,3,6-7,16-21,23H2,1H3,(H,35,44)(H2,34,36,37,38,39);1H;2*1H3;2*1H. The van der Waals surface area contributed by atoms with Gasteiger partial charge < -0.3 is 43.2 Å². The minimum Gasteiger partial charge on any atom is -0.506 e. The first-order chi connectivity index (χ1) is 22.8. The summed E-state index contributed by atoms with van der Waals surface area (Å²) in [6.45, 7) is 5.82. The summed E-state index contributed by atoms with van der Waals surface area (Å²) in [5.74, 6) is 0.932. The van der Waals surface area contributed by atoms with Crippen LogP contribution in [0.3, 0.4) is 0 Å². The molecule has 0 bridgehead atoms. The molecule has 3 aromatic carbocycles. The van der Waals surface area contributed by atoms with E-state index in [0.29, 0.717) is 43.8 Å². The van der Waals surface area contributed by atoms with Crippen LogP contribution in [0.25, 0.3) is 0 Å². The van der Waals surface area contributed by atoms with Crippen molar-refractivity contribution in [2.75, 3.05) is 59.1 Å². The van der Waals surface area contributed by atoms with E-state index in [4.69, 9.17) is 0 Å². The van der Waals surface area contributed by atoms with Gasteiger partial charge in [0.15, 0.2) is 0 Å². The van der Waals surface area contributed by atoms with Crippen molar-refractivity contribution in [2.45, 2.75) is 37.6 Å². The number of nitrogens with zero attached hydrogens (tertiary/aromatic N) is 6. The van der Waals surface area contributed by atoms with Crippen LogP contribution in [-0.2, 0) is 16.6 Å². The fraction of sp³-hybridized carbons (Fsp3) is 0.333. The number of aromatic nitrogens is 3. The third-order valence-corrected chi connectivity index (χ3v) is 9.92. The number of hydrogen-bond acceptors (Lipinski definition) is 12. The molecule has 0 saturated carbocycles. The van der Waals surface area contributed by atoms with E-state index in [2.05, 4.69) is 35.8 Å². The first-order valence-corrected chi connectivity index (χ1v) is 17.2. The van der Waals surface area contributed by atoms with Crippen LogP contribution < -0.4 is 37.5 Å². The summed E-state index contributed by atoms with van der Waals surface area (Å²) in [4.78, 5) is 29.8. The van der Waals surface area contributed by atoms with Crippen LogP contribution in [0.5, 0.6) is 5.75 Å². The normalized spacial score (nSPS) is 14.1. The van der Waals surface area contributed by atoms with Gasteiger partial charge in [-0.3, -0.25) is 4.31 Å². The maximum Gasteiger partial charge on any atom is 0.317 e. The average molecular weight is 732 g/mol. The molecule has 4 aromatic rings. The number of phenolic OH excluding ortho intramolecular Hbond substituents is 1. The summed E-state index contributed by atoms with van der Waals surface area (Å²) in [5, 5.41) is 20.4. The maximum atomic E-state index is 13.9. The van der Waals surface area contributed by atoms with Crippen LogP contribution in [0.15, 0.2) is 77.7 Å². The van der Waals surface area contributed by atoms with Gasteiger partial charge in [-0.2, -0.15) is 15.0 Å². The lowest BCUT2D eigenvalue weighted by molar-refractivity contribution is 0.219. The predicted molar refractivity (Wildman–Crippen MR) is 203 cm³/mol. The van der Waals surface area contributed by atoms with E-state index in [1.807, 2.05) is 37.3 Å². The molecule has 0 atom stereocenters. The highest BCUT2D eigenvalue weighted by Crippen LogP contribution is 2.36. The molecule has 2 saturated heterocycles. The van der Waals surface area contributed by atoms with Gasteiger partial charge in [-0.1, -0.05) is 48.0 Å². The molecule has 6 rings (SSSR count). The second kappa shape index (κ2) is 17.7. The molecule has 50 heavy (non-hydrogen) atoms. The van der Waals surface area contributed by atoms with E-state index in [-0.39, 0.29) is 62.4 Å². The molecule has 0 unspecified atom stereocenters. The number of nitrogens with one attached hydrogen (secondary N) is 3. The van der Waals surface area contributed by atoms with Crippen LogP contribution in [0, 0.1) is 6.92 Å². The van der Waals surface area contributed by atoms with Crippen molar-refractivity contribution in [2.24, 2.45) is 0 Å². The maximum absolute atomic E-state index is 13.9. The van der Waals surface area contributed by atoms with E-state index in [1.54, 1.807) is 41.3 Å². The number of phenols is 1.